The lowest BCUT2D eigenvalue weighted by Crippen LogP contribution is -2.36. The number of sulfone groups is 1. The van der Waals surface area contributed by atoms with Gasteiger partial charge in [0.2, 0.25) is 0 Å². The minimum Gasteiger partial charge on any atom is -0.491 e. The van der Waals surface area contributed by atoms with E-state index >= 15 is 0 Å². The number of nitrogens with one attached hydrogen (secondary N) is 1. The average Bonchev–Trinajstić information content (AvgIpc) is 2.92. The van der Waals surface area contributed by atoms with E-state index in [9.17, 15) is 18.3 Å². The van der Waals surface area contributed by atoms with Crippen LogP contribution < -0.4 is 21.5 Å². The van der Waals surface area contributed by atoms with Gasteiger partial charge in [0.05, 0.1) is 39.9 Å². The van der Waals surface area contributed by atoms with E-state index in [1.807, 2.05) is 6.07 Å². The monoisotopic (exact) mass is 567 g/mol. The number of benzene rings is 2. The smallest absolute Gasteiger partial charge is 0.278 e. The van der Waals surface area contributed by atoms with E-state index in [4.69, 9.17) is 16.2 Å². The van der Waals surface area contributed by atoms with Crippen LogP contribution in [0, 0.1) is 0 Å². The Morgan fingerprint density at radius 2 is 1.82 bits per heavy atom. The highest BCUT2D eigenvalue weighted by Gasteiger charge is 2.37. The number of carbonyl (C=O) groups is 1. The van der Waals surface area contributed by atoms with Crippen molar-refractivity contribution in [2.24, 2.45) is 5.73 Å². The summed E-state index contributed by atoms with van der Waals surface area (Å²) < 4.78 is 31.8. The highest BCUT2D eigenvalue weighted by atomic mass is 32.2. The van der Waals surface area contributed by atoms with Crippen molar-refractivity contribution in [3.05, 3.63) is 59.9 Å². The summed E-state index contributed by atoms with van der Waals surface area (Å²) in [5.74, 6) is -0.113. The second-order valence-corrected chi connectivity index (χ2v) is 13.2. The van der Waals surface area contributed by atoms with Crippen LogP contribution in [0.1, 0.15) is 68.4 Å². The number of carbonyl (C=O) groups excluding carboxylic acids is 1. The van der Waals surface area contributed by atoms with Crippen molar-refractivity contribution in [3.8, 4) is 17.0 Å². The predicted octanol–water partition coefficient (Wildman–Crippen LogP) is 4.08. The molecule has 11 heteroatoms. The Hall–Kier alpha value is -3.54. The largest absolute Gasteiger partial charge is 0.491 e. The third kappa shape index (κ3) is 6.43. The van der Waals surface area contributed by atoms with Crippen LogP contribution in [0.25, 0.3) is 11.3 Å². The molecule has 1 unspecified atom stereocenters. The molecule has 2 aliphatic rings. The standard InChI is InChI=1S/C29H37N5O5S/c1-29(2)16-21(35)9-5-3-4-6-15-39-26-20(17-30)8-7-10-23(26)34-28(36)25-27(31)32-18-24(33-25)19-11-13-22(14-12-19)40(29,37)38/h7-8,10-14,18,21,35H,3-6,9,15-17,30H2,1-2H3,(H2,31,32)(H,34,36). The molecule has 4 bridgehead atoms. The van der Waals surface area contributed by atoms with Crippen molar-refractivity contribution in [3.63, 3.8) is 0 Å². The van der Waals surface area contributed by atoms with Gasteiger partial charge < -0.3 is 26.6 Å². The number of anilines is 2. The second-order valence-electron chi connectivity index (χ2n) is 10.6. The third-order valence-electron chi connectivity index (χ3n) is 7.17. The first-order valence-electron chi connectivity index (χ1n) is 13.5. The molecule has 1 aromatic heterocycles. The lowest BCUT2D eigenvalue weighted by atomic mass is 10.00. The van der Waals surface area contributed by atoms with E-state index in [-0.39, 0.29) is 29.4 Å². The quantitative estimate of drug-likeness (QED) is 0.338. The number of ether oxygens (including phenoxy) is 1. The predicted molar refractivity (Wildman–Crippen MR) is 155 cm³/mol. The van der Waals surface area contributed by atoms with E-state index in [1.165, 1.54) is 18.3 Å². The number of nitrogen functional groups attached to an aromatic ring is 1. The number of nitrogens with zero attached hydrogens (tertiary/aromatic N) is 2. The molecule has 0 saturated carbocycles. The van der Waals surface area contributed by atoms with Crippen LogP contribution in [0.5, 0.6) is 5.75 Å². The number of aromatic nitrogens is 2. The Bertz CT molecular complexity index is 1460. The van der Waals surface area contributed by atoms with Crippen molar-refractivity contribution in [1.82, 2.24) is 9.97 Å². The van der Waals surface area contributed by atoms with Gasteiger partial charge in [-0.15, -0.1) is 0 Å². The fourth-order valence-corrected chi connectivity index (χ4v) is 6.36. The molecule has 0 spiro atoms. The SMILES string of the molecule is CC1(C)CC(O)CCCCCCOc2c(CN)cccc2NC(=O)c2nc(cnc2N)-c2ccc(cc2)S1(=O)=O. The fourth-order valence-electron chi connectivity index (χ4n) is 4.81. The summed E-state index contributed by atoms with van der Waals surface area (Å²) >= 11 is 0. The molecule has 214 valence electrons. The van der Waals surface area contributed by atoms with Crippen LogP contribution in [0.15, 0.2) is 53.6 Å². The van der Waals surface area contributed by atoms with Crippen molar-refractivity contribution < 1.29 is 23.1 Å². The molecule has 0 aliphatic carbocycles. The number of aliphatic hydroxyl groups is 1. The number of para-hydroxylation sites is 1. The summed E-state index contributed by atoms with van der Waals surface area (Å²) in [6, 6.07) is 11.6. The van der Waals surface area contributed by atoms with Gasteiger partial charge in [-0.2, -0.15) is 0 Å². The first kappa shape index (κ1) is 29.4. The van der Waals surface area contributed by atoms with Crippen LogP contribution in [0.2, 0.25) is 0 Å². The molecule has 5 rings (SSSR count). The van der Waals surface area contributed by atoms with E-state index in [0.717, 1.165) is 31.2 Å². The van der Waals surface area contributed by atoms with E-state index in [0.29, 0.717) is 35.7 Å². The number of amides is 1. The Kier molecular flexibility index (Phi) is 9.07. The molecule has 3 aromatic rings. The molecular formula is C29H37N5O5S. The van der Waals surface area contributed by atoms with Gasteiger partial charge in [0.25, 0.3) is 5.91 Å². The summed E-state index contributed by atoms with van der Waals surface area (Å²) in [4.78, 5) is 22.0. The molecule has 0 saturated heterocycles. The second kappa shape index (κ2) is 12.3. The Labute approximate surface area is 235 Å². The van der Waals surface area contributed by atoms with Gasteiger partial charge >= 0.3 is 0 Å². The zero-order chi connectivity index (χ0) is 28.9. The van der Waals surface area contributed by atoms with Crippen LogP contribution in [0.4, 0.5) is 11.5 Å². The number of hydrogen-bond acceptors (Lipinski definition) is 9. The van der Waals surface area contributed by atoms with Gasteiger partial charge in [-0.3, -0.25) is 4.79 Å². The molecule has 3 heterocycles. The van der Waals surface area contributed by atoms with Gasteiger partial charge in [0, 0.05) is 17.7 Å². The maximum absolute atomic E-state index is 13.4. The van der Waals surface area contributed by atoms with Crippen LogP contribution in [-0.4, -0.2) is 46.9 Å². The maximum atomic E-state index is 13.4. The topological polar surface area (TPSA) is 171 Å². The van der Waals surface area contributed by atoms with Crippen molar-refractivity contribution in [2.75, 3.05) is 17.7 Å². The molecule has 40 heavy (non-hydrogen) atoms. The normalized spacial score (nSPS) is 19.8. The summed E-state index contributed by atoms with van der Waals surface area (Å²) in [7, 11) is -3.74. The maximum Gasteiger partial charge on any atom is 0.278 e. The van der Waals surface area contributed by atoms with Gasteiger partial charge in [-0.25, -0.2) is 18.4 Å². The average molecular weight is 568 g/mol. The summed E-state index contributed by atoms with van der Waals surface area (Å²) in [6.07, 6.45) is 4.61. The molecular weight excluding hydrogens is 530 g/mol. The minimum atomic E-state index is -3.74. The number of nitrogens with two attached hydrogens (primary N) is 2. The first-order valence-corrected chi connectivity index (χ1v) is 14.9. The number of hydrogen-bond donors (Lipinski definition) is 4. The van der Waals surface area contributed by atoms with Crippen LogP contribution in [-0.2, 0) is 16.4 Å². The molecule has 0 fully saturated rings. The minimum absolute atomic E-state index is 0.0485. The summed E-state index contributed by atoms with van der Waals surface area (Å²) in [6.45, 7) is 3.93. The van der Waals surface area contributed by atoms with Crippen molar-refractivity contribution >= 4 is 27.2 Å². The Morgan fingerprint density at radius 3 is 2.55 bits per heavy atom. The Morgan fingerprint density at radius 1 is 1.10 bits per heavy atom. The molecule has 2 aliphatic heterocycles. The zero-order valence-corrected chi connectivity index (χ0v) is 23.7. The zero-order valence-electron chi connectivity index (χ0n) is 22.9. The van der Waals surface area contributed by atoms with Gasteiger partial charge in [-0.1, -0.05) is 43.5 Å². The van der Waals surface area contributed by atoms with Crippen molar-refractivity contribution in [1.29, 1.82) is 0 Å². The highest BCUT2D eigenvalue weighted by Crippen LogP contribution is 2.33. The first-order chi connectivity index (χ1) is 19.0. The van der Waals surface area contributed by atoms with E-state index in [1.54, 1.807) is 38.1 Å². The Balaban J connectivity index is 1.72. The van der Waals surface area contributed by atoms with Gasteiger partial charge in [0.1, 0.15) is 5.75 Å². The molecule has 0 radical (unpaired) electrons. The molecule has 10 nitrogen and oxygen atoms in total. The van der Waals surface area contributed by atoms with Crippen LogP contribution in [0.3, 0.4) is 0 Å². The summed E-state index contributed by atoms with van der Waals surface area (Å²) in [5.41, 5.74) is 14.0. The summed E-state index contributed by atoms with van der Waals surface area (Å²) in [5, 5.41) is 13.5. The van der Waals surface area contributed by atoms with Gasteiger partial charge in [-0.05, 0) is 51.3 Å². The van der Waals surface area contributed by atoms with Gasteiger partial charge in [0.15, 0.2) is 21.3 Å². The highest BCUT2D eigenvalue weighted by molar-refractivity contribution is 7.92. The van der Waals surface area contributed by atoms with E-state index < -0.39 is 26.6 Å². The van der Waals surface area contributed by atoms with Crippen LogP contribution >= 0.6 is 0 Å². The lowest BCUT2D eigenvalue weighted by molar-refractivity contribution is 0.102. The van der Waals surface area contributed by atoms with Crippen molar-refractivity contribution in [2.45, 2.75) is 74.7 Å². The molecule has 1 atom stereocenters. The fraction of sp³-hybridized carbons (Fsp3) is 0.414. The molecule has 2 aromatic carbocycles. The number of aliphatic hydroxyl groups excluding tert-OH is 1. The number of fused-ring (bicyclic) bond motifs is 13. The van der Waals surface area contributed by atoms with E-state index in [2.05, 4.69) is 15.3 Å². The lowest BCUT2D eigenvalue weighted by Gasteiger charge is -2.27. The molecule has 1 amide bonds. The molecule has 6 N–H and O–H groups in total. The number of rotatable bonds is 1. The third-order valence-corrected chi connectivity index (χ3v) is 9.69.